The highest BCUT2D eigenvalue weighted by molar-refractivity contribution is 6.09. The van der Waals surface area contributed by atoms with E-state index in [0.717, 1.165) is 56.5 Å². The predicted octanol–water partition coefficient (Wildman–Crippen LogP) is 22.3. The fraction of sp³-hybridized carbons (Fsp3) is 0.139. The maximum Gasteiger partial charge on any atom is 0.139 e. The Morgan fingerprint density at radius 3 is 1.09 bits per heavy atom. The molecule has 0 amide bonds. The number of fused-ring (bicyclic) bond motifs is 7. The minimum Gasteiger partial charge on any atom is -0.455 e. The summed E-state index contributed by atoms with van der Waals surface area (Å²) in [7, 11) is 0. The Morgan fingerprint density at radius 1 is 0.341 bits per heavy atom. The second kappa shape index (κ2) is 19.4. The molecular weight excluding hydrogens is 993 g/mol. The number of ether oxygens (including phenoxy) is 1. The van der Waals surface area contributed by atoms with Gasteiger partial charge in [-0.05, 0) is 150 Å². The third kappa shape index (κ3) is 8.66. The van der Waals surface area contributed by atoms with E-state index in [1.165, 1.54) is 87.9 Å². The van der Waals surface area contributed by atoms with Crippen LogP contribution < -0.4 is 9.64 Å². The minimum atomic E-state index is -0.398. The Morgan fingerprint density at radius 2 is 0.683 bits per heavy atom. The van der Waals surface area contributed by atoms with Gasteiger partial charge in [-0.2, -0.15) is 0 Å². The molecule has 0 radical (unpaired) electrons. The van der Waals surface area contributed by atoms with Crippen LogP contribution in [0.3, 0.4) is 0 Å². The largest absolute Gasteiger partial charge is 0.455 e. The Balaban J connectivity index is 0.880. The molecule has 1 aliphatic rings. The first-order chi connectivity index (χ1) is 39.7. The first kappa shape index (κ1) is 50.8. The molecule has 0 N–H and O–H groups in total. The van der Waals surface area contributed by atoms with Gasteiger partial charge in [-0.1, -0.05) is 237 Å². The van der Waals surface area contributed by atoms with E-state index in [1.54, 1.807) is 0 Å². The van der Waals surface area contributed by atoms with Gasteiger partial charge in [-0.15, -0.1) is 0 Å². The summed E-state index contributed by atoms with van der Waals surface area (Å²) in [6.07, 6.45) is 0. The lowest BCUT2D eigenvalue weighted by molar-refractivity contribution is 0.418. The average molecular weight is 1060 g/mol. The van der Waals surface area contributed by atoms with Crippen molar-refractivity contribution in [1.82, 2.24) is 4.57 Å². The smallest absolute Gasteiger partial charge is 0.139 e. The van der Waals surface area contributed by atoms with E-state index in [9.17, 15) is 0 Å². The van der Waals surface area contributed by atoms with Crippen LogP contribution >= 0.6 is 0 Å². The van der Waals surface area contributed by atoms with Crippen LogP contribution in [0.4, 0.5) is 17.1 Å². The molecule has 0 bridgehead atoms. The summed E-state index contributed by atoms with van der Waals surface area (Å²) >= 11 is 0. The first-order valence-corrected chi connectivity index (χ1v) is 28.9. The zero-order valence-corrected chi connectivity index (χ0v) is 48.1. The molecule has 1 aromatic heterocycles. The molecule has 3 nitrogen and oxygen atoms in total. The molecule has 3 heteroatoms. The van der Waals surface area contributed by atoms with Crippen LogP contribution in [0.5, 0.6) is 11.5 Å². The van der Waals surface area contributed by atoms with Crippen LogP contribution in [0, 0.1) is 0 Å². The van der Waals surface area contributed by atoms with Crippen molar-refractivity contribution in [2.24, 2.45) is 0 Å². The molecule has 0 spiro atoms. The number of nitrogens with zero attached hydrogens (tertiary/aromatic N) is 2. The molecule has 1 aliphatic heterocycles. The summed E-state index contributed by atoms with van der Waals surface area (Å²) in [4.78, 5) is 2.38. The molecule has 0 saturated heterocycles. The van der Waals surface area contributed by atoms with E-state index in [4.69, 9.17) is 4.74 Å². The Bertz CT molecular complexity index is 4420. The second-order valence-electron chi connectivity index (χ2n) is 25.0. The number of rotatable bonds is 8. The lowest BCUT2D eigenvalue weighted by Crippen LogP contribution is -2.27. The van der Waals surface area contributed by atoms with Crippen LogP contribution in [-0.4, -0.2) is 4.57 Å². The van der Waals surface area contributed by atoms with Crippen LogP contribution in [0.15, 0.2) is 255 Å². The van der Waals surface area contributed by atoms with E-state index in [1.807, 2.05) is 0 Å². The molecule has 0 unspecified atom stereocenters. The Kier molecular flexibility index (Phi) is 12.0. The Labute approximate surface area is 482 Å². The van der Waals surface area contributed by atoms with Gasteiger partial charge in [-0.25, -0.2) is 0 Å². The van der Waals surface area contributed by atoms with Gasteiger partial charge in [0.2, 0.25) is 0 Å². The van der Waals surface area contributed by atoms with Crippen molar-refractivity contribution < 1.29 is 4.74 Å². The van der Waals surface area contributed by atoms with Crippen LogP contribution in [0.2, 0.25) is 0 Å². The van der Waals surface area contributed by atoms with Gasteiger partial charge < -0.3 is 14.2 Å². The fourth-order valence-corrected chi connectivity index (χ4v) is 12.7. The number of hydrogen-bond acceptors (Lipinski definition) is 2. The molecule has 82 heavy (non-hydrogen) atoms. The molecule has 0 atom stereocenters. The summed E-state index contributed by atoms with van der Waals surface area (Å²) in [6.45, 7) is 18.7. The molecule has 0 aliphatic carbocycles. The minimum absolute atomic E-state index is 0.102. The van der Waals surface area contributed by atoms with Gasteiger partial charge >= 0.3 is 0 Å². The van der Waals surface area contributed by atoms with E-state index in [0.29, 0.717) is 0 Å². The van der Waals surface area contributed by atoms with Crippen molar-refractivity contribution in [3.8, 4) is 61.7 Å². The third-order valence-corrected chi connectivity index (χ3v) is 17.4. The van der Waals surface area contributed by atoms with Gasteiger partial charge in [0.25, 0.3) is 0 Å². The maximum absolute atomic E-state index is 7.59. The zero-order valence-electron chi connectivity index (χ0n) is 48.1. The number of benzene rings is 12. The SMILES string of the molecule is CC(C)(C)c1cc(-c2ccc(N(c3ccc(-c4cccc5ccccc45)cc3)c3ccc(-c4cccc5ccccc45)cc3)cc2)c2c(c1)C(C)(C)c1cc(C(C)(C)C)cc(-c3ccc(-n4c5ccccc5c5ccccc54)cc3)c1O2. The van der Waals surface area contributed by atoms with Gasteiger partial charge in [0.15, 0.2) is 0 Å². The maximum atomic E-state index is 7.59. The molecular formula is C79H66N2O. The predicted molar refractivity (Wildman–Crippen MR) is 348 cm³/mol. The van der Waals surface area contributed by atoms with E-state index < -0.39 is 5.41 Å². The number of anilines is 3. The van der Waals surface area contributed by atoms with Crippen LogP contribution in [0.25, 0.3) is 93.5 Å². The van der Waals surface area contributed by atoms with Crippen LogP contribution in [0.1, 0.15) is 77.6 Å². The quantitative estimate of drug-likeness (QED) is 0.151. The van der Waals surface area contributed by atoms with Crippen molar-refractivity contribution in [2.45, 2.75) is 71.6 Å². The lowest BCUT2D eigenvalue weighted by Gasteiger charge is -2.39. The molecule has 14 rings (SSSR count). The number of aromatic nitrogens is 1. The normalized spacial score (nSPS) is 13.1. The summed E-state index contributed by atoms with van der Waals surface area (Å²) in [6, 6.07) is 93.9. The van der Waals surface area contributed by atoms with Gasteiger partial charge in [0.1, 0.15) is 11.5 Å². The van der Waals surface area contributed by atoms with E-state index >= 15 is 0 Å². The summed E-state index contributed by atoms with van der Waals surface area (Å²) in [5.74, 6) is 1.83. The highest BCUT2D eigenvalue weighted by Gasteiger charge is 2.40. The second-order valence-corrected chi connectivity index (χ2v) is 25.0. The van der Waals surface area contributed by atoms with Gasteiger partial charge in [-0.3, -0.25) is 0 Å². The zero-order chi connectivity index (χ0) is 56.1. The van der Waals surface area contributed by atoms with E-state index in [2.05, 4.69) is 320 Å². The number of para-hydroxylation sites is 2. The summed E-state index contributed by atoms with van der Waals surface area (Å²) in [5.41, 5.74) is 20.3. The fourth-order valence-electron chi connectivity index (χ4n) is 12.7. The van der Waals surface area contributed by atoms with Crippen LogP contribution in [-0.2, 0) is 16.2 Å². The molecule has 2 heterocycles. The summed E-state index contributed by atoms with van der Waals surface area (Å²) in [5, 5.41) is 7.48. The standard InChI is InChI=1S/C79H66N2O/c1-77(2,3)57-47-69(75-71(49-57)79(7,8)72-50-58(78(4,5)6)48-70(76(72)82-75)56-37-45-62(46-38-56)81-73-29-15-13-25-67(73)68-26-14-16-30-74(68)81)55-35-43-61(44-36-55)80(59-39-31-53(32-40-59)65-27-17-21-51-19-9-11-23-63(51)65)60-41-33-54(34-42-60)66-28-18-22-52-20-10-12-24-64(52)66/h9-50H,1-8H3. The van der Waals surface area contributed by atoms with Crippen molar-refractivity contribution in [2.75, 3.05) is 4.90 Å². The van der Waals surface area contributed by atoms with Crippen molar-refractivity contribution in [3.63, 3.8) is 0 Å². The van der Waals surface area contributed by atoms with E-state index in [-0.39, 0.29) is 10.8 Å². The molecule has 12 aromatic carbocycles. The topological polar surface area (TPSA) is 17.4 Å². The Hall–Kier alpha value is -9.44. The highest BCUT2D eigenvalue weighted by Crippen LogP contribution is 2.56. The van der Waals surface area contributed by atoms with Crippen molar-refractivity contribution in [1.29, 1.82) is 0 Å². The average Bonchev–Trinajstić information content (AvgIpc) is 3.99. The van der Waals surface area contributed by atoms with Crippen molar-refractivity contribution >= 4 is 60.4 Å². The molecule has 398 valence electrons. The third-order valence-electron chi connectivity index (χ3n) is 17.4. The lowest BCUT2D eigenvalue weighted by atomic mass is 9.70. The highest BCUT2D eigenvalue weighted by atomic mass is 16.5. The van der Waals surface area contributed by atoms with Gasteiger partial charge in [0.05, 0.1) is 11.0 Å². The molecule has 0 saturated carbocycles. The monoisotopic (exact) mass is 1060 g/mol. The first-order valence-electron chi connectivity index (χ1n) is 28.9. The number of hydrogen-bond donors (Lipinski definition) is 0. The van der Waals surface area contributed by atoms with Crippen molar-refractivity contribution in [3.05, 3.63) is 277 Å². The summed E-state index contributed by atoms with van der Waals surface area (Å²) < 4.78 is 9.98. The molecule has 13 aromatic rings. The molecule has 0 fully saturated rings. The van der Waals surface area contributed by atoms with Gasteiger partial charge in [0, 0.05) is 61.2 Å².